The van der Waals surface area contributed by atoms with Crippen LogP contribution in [0.25, 0.3) is 0 Å². The average Bonchev–Trinajstić information content (AvgIpc) is 2.31. The van der Waals surface area contributed by atoms with Crippen LogP contribution in [0.4, 0.5) is 0 Å². The number of aliphatic carboxylic acids is 1. The first-order chi connectivity index (χ1) is 8.54. The molecule has 1 aliphatic rings. The van der Waals surface area contributed by atoms with Crippen LogP contribution in [0.15, 0.2) is 0 Å². The Kier molecular flexibility index (Phi) is 5.61. The maximum atomic E-state index is 11.7. The second-order valence-corrected chi connectivity index (χ2v) is 4.55. The van der Waals surface area contributed by atoms with Crippen molar-refractivity contribution in [2.45, 2.75) is 57.5 Å². The summed E-state index contributed by atoms with van der Waals surface area (Å²) in [7, 11) is 0. The monoisotopic (exact) mass is 256 g/mol. The molecule has 0 radical (unpaired) electrons. The molecular formula is C12H20N2O4. The molecule has 1 heterocycles. The molecule has 0 saturated carbocycles. The zero-order valence-electron chi connectivity index (χ0n) is 10.6. The number of carboxylic acids is 1. The van der Waals surface area contributed by atoms with Gasteiger partial charge in [-0.15, -0.1) is 0 Å². The smallest absolute Gasteiger partial charge is 0.303 e. The molecule has 1 saturated heterocycles. The maximum absolute atomic E-state index is 11.7. The van der Waals surface area contributed by atoms with Gasteiger partial charge in [0.05, 0.1) is 0 Å². The van der Waals surface area contributed by atoms with Crippen LogP contribution in [-0.4, -0.2) is 35.0 Å². The van der Waals surface area contributed by atoms with Gasteiger partial charge >= 0.3 is 5.97 Å². The number of hydrogen-bond acceptors (Lipinski definition) is 3. The fourth-order valence-corrected chi connectivity index (χ4v) is 1.95. The molecule has 0 spiro atoms. The van der Waals surface area contributed by atoms with Gasteiger partial charge < -0.3 is 15.7 Å². The molecule has 2 atom stereocenters. The molecule has 18 heavy (non-hydrogen) atoms. The van der Waals surface area contributed by atoms with Crippen LogP contribution < -0.4 is 10.6 Å². The van der Waals surface area contributed by atoms with Gasteiger partial charge in [0.15, 0.2) is 0 Å². The van der Waals surface area contributed by atoms with Crippen LogP contribution in [0.1, 0.15) is 45.4 Å². The van der Waals surface area contributed by atoms with E-state index >= 15 is 0 Å². The number of rotatable bonds is 7. The van der Waals surface area contributed by atoms with Gasteiger partial charge in [0.1, 0.15) is 12.1 Å². The highest BCUT2D eigenvalue weighted by atomic mass is 16.4. The van der Waals surface area contributed by atoms with E-state index < -0.39 is 18.1 Å². The molecule has 0 aliphatic carbocycles. The van der Waals surface area contributed by atoms with Gasteiger partial charge in [0.2, 0.25) is 11.8 Å². The fraction of sp³-hybridized carbons (Fsp3) is 0.750. The molecule has 6 heteroatoms. The molecular weight excluding hydrogens is 236 g/mol. The number of carbonyl (C=O) groups is 3. The van der Waals surface area contributed by atoms with Gasteiger partial charge in [0.25, 0.3) is 0 Å². The van der Waals surface area contributed by atoms with Crippen LogP contribution in [0.2, 0.25) is 0 Å². The third kappa shape index (κ3) is 4.35. The number of carbonyl (C=O) groups excluding carboxylic acids is 2. The summed E-state index contributed by atoms with van der Waals surface area (Å²) in [4.78, 5) is 33.8. The molecule has 0 aromatic rings. The van der Waals surface area contributed by atoms with E-state index in [-0.39, 0.29) is 24.7 Å². The Morgan fingerprint density at radius 2 is 1.67 bits per heavy atom. The number of amides is 2. The van der Waals surface area contributed by atoms with E-state index in [1.165, 1.54) is 0 Å². The van der Waals surface area contributed by atoms with Crippen molar-refractivity contribution < 1.29 is 19.5 Å². The number of hydrogen-bond donors (Lipinski definition) is 3. The lowest BCUT2D eigenvalue weighted by Gasteiger charge is -2.29. The van der Waals surface area contributed by atoms with Crippen molar-refractivity contribution in [2.24, 2.45) is 0 Å². The molecule has 0 aromatic heterocycles. The lowest BCUT2D eigenvalue weighted by atomic mass is 10.0. The first-order valence-electron chi connectivity index (χ1n) is 6.37. The van der Waals surface area contributed by atoms with Crippen molar-refractivity contribution in [3.63, 3.8) is 0 Å². The maximum Gasteiger partial charge on any atom is 0.303 e. The zero-order chi connectivity index (χ0) is 13.5. The summed E-state index contributed by atoms with van der Waals surface area (Å²) in [5.41, 5.74) is 0. The van der Waals surface area contributed by atoms with Crippen molar-refractivity contribution in [1.29, 1.82) is 0 Å². The van der Waals surface area contributed by atoms with E-state index in [9.17, 15) is 14.4 Å². The first-order valence-corrected chi connectivity index (χ1v) is 6.37. The minimum Gasteiger partial charge on any atom is -0.481 e. The second kappa shape index (κ2) is 6.98. The minimum atomic E-state index is -0.970. The summed E-state index contributed by atoms with van der Waals surface area (Å²) in [6.07, 6.45) is 3.63. The predicted octanol–water partition coefficient (Wildman–Crippen LogP) is 0.415. The Labute approximate surface area is 106 Å². The largest absolute Gasteiger partial charge is 0.481 e. The summed E-state index contributed by atoms with van der Waals surface area (Å²) in [6.45, 7) is 2.07. The Bertz CT molecular complexity index is 330. The standard InChI is InChI=1S/C12H20N2O4/c1-2-3-4-5-8-11(17)14-9(12(18)13-8)6-7-10(15)16/h8-9H,2-7H2,1H3,(H,13,18)(H,14,17)(H,15,16)/t8-,9-/m0/s1. The first kappa shape index (κ1) is 14.5. The topological polar surface area (TPSA) is 95.5 Å². The molecule has 6 nitrogen and oxygen atoms in total. The van der Waals surface area contributed by atoms with Gasteiger partial charge in [-0.3, -0.25) is 14.4 Å². The number of carboxylic acid groups (broad SMARTS) is 1. The highest BCUT2D eigenvalue weighted by Gasteiger charge is 2.32. The van der Waals surface area contributed by atoms with Gasteiger partial charge in [-0.05, 0) is 12.8 Å². The average molecular weight is 256 g/mol. The van der Waals surface area contributed by atoms with E-state index in [0.717, 1.165) is 19.3 Å². The Morgan fingerprint density at radius 1 is 1.11 bits per heavy atom. The molecule has 1 rings (SSSR count). The van der Waals surface area contributed by atoms with Gasteiger partial charge in [-0.2, -0.15) is 0 Å². The fourth-order valence-electron chi connectivity index (χ4n) is 1.95. The molecule has 3 N–H and O–H groups in total. The molecule has 1 aliphatic heterocycles. The summed E-state index contributed by atoms with van der Waals surface area (Å²) in [5, 5.41) is 13.8. The van der Waals surface area contributed by atoms with Crippen LogP contribution in [-0.2, 0) is 14.4 Å². The molecule has 102 valence electrons. The van der Waals surface area contributed by atoms with E-state index in [4.69, 9.17) is 5.11 Å². The van der Waals surface area contributed by atoms with Crippen molar-refractivity contribution >= 4 is 17.8 Å². The van der Waals surface area contributed by atoms with E-state index in [1.54, 1.807) is 0 Å². The van der Waals surface area contributed by atoms with Gasteiger partial charge in [-0.1, -0.05) is 26.2 Å². The van der Waals surface area contributed by atoms with Gasteiger partial charge in [-0.25, -0.2) is 0 Å². The molecule has 1 fully saturated rings. The van der Waals surface area contributed by atoms with Crippen molar-refractivity contribution in [3.05, 3.63) is 0 Å². The summed E-state index contributed by atoms with van der Waals surface area (Å²) in [5.74, 6) is -1.46. The number of nitrogens with one attached hydrogen (secondary N) is 2. The summed E-state index contributed by atoms with van der Waals surface area (Å²) < 4.78 is 0. The minimum absolute atomic E-state index is 0.126. The van der Waals surface area contributed by atoms with Crippen LogP contribution in [0, 0.1) is 0 Å². The van der Waals surface area contributed by atoms with Crippen LogP contribution in [0.3, 0.4) is 0 Å². The summed E-state index contributed by atoms with van der Waals surface area (Å²) in [6, 6.07) is -1.18. The normalized spacial score (nSPS) is 23.4. The molecule has 0 unspecified atom stereocenters. The van der Waals surface area contributed by atoms with E-state index in [1.807, 2.05) is 0 Å². The van der Waals surface area contributed by atoms with Crippen molar-refractivity contribution in [1.82, 2.24) is 10.6 Å². The lowest BCUT2D eigenvalue weighted by Crippen LogP contribution is -2.61. The van der Waals surface area contributed by atoms with Gasteiger partial charge in [0, 0.05) is 6.42 Å². The lowest BCUT2D eigenvalue weighted by molar-refractivity contribution is -0.140. The van der Waals surface area contributed by atoms with Crippen LogP contribution >= 0.6 is 0 Å². The third-order valence-electron chi connectivity index (χ3n) is 3.01. The molecule has 2 amide bonds. The summed E-state index contributed by atoms with van der Waals surface area (Å²) >= 11 is 0. The predicted molar refractivity (Wildman–Crippen MR) is 64.9 cm³/mol. The Balaban J connectivity index is 2.41. The van der Waals surface area contributed by atoms with Crippen molar-refractivity contribution in [2.75, 3.05) is 0 Å². The highest BCUT2D eigenvalue weighted by Crippen LogP contribution is 2.09. The Morgan fingerprint density at radius 3 is 2.17 bits per heavy atom. The second-order valence-electron chi connectivity index (χ2n) is 4.55. The molecule has 0 aromatic carbocycles. The quantitative estimate of drug-likeness (QED) is 0.575. The molecule has 0 bridgehead atoms. The van der Waals surface area contributed by atoms with Crippen molar-refractivity contribution in [3.8, 4) is 0 Å². The van der Waals surface area contributed by atoms with E-state index in [0.29, 0.717) is 6.42 Å². The highest BCUT2D eigenvalue weighted by molar-refractivity contribution is 5.97. The zero-order valence-corrected chi connectivity index (χ0v) is 10.6. The van der Waals surface area contributed by atoms with Crippen LogP contribution in [0.5, 0.6) is 0 Å². The SMILES string of the molecule is CCCCC[C@@H]1NC(=O)[C@H](CCC(=O)O)NC1=O. The Hall–Kier alpha value is -1.59. The number of unbranched alkanes of at least 4 members (excludes halogenated alkanes) is 2. The number of piperazine rings is 1. The van der Waals surface area contributed by atoms with E-state index in [2.05, 4.69) is 17.6 Å². The third-order valence-corrected chi connectivity index (χ3v) is 3.01.